The number of anilines is 1. The van der Waals surface area contributed by atoms with Crippen molar-refractivity contribution >= 4 is 17.3 Å². The smallest absolute Gasteiger partial charge is 0.291 e. The number of fused-ring (bicyclic) bond motifs is 1. The van der Waals surface area contributed by atoms with Gasteiger partial charge in [-0.15, -0.1) is 0 Å². The fourth-order valence-corrected chi connectivity index (χ4v) is 3.47. The SMILES string of the molecule is Cc1ccc(C)c(NC(=O)c2oc3c(c2C)/C(=N\O)CC(C)(C)C3)c1. The van der Waals surface area contributed by atoms with Gasteiger partial charge >= 0.3 is 0 Å². The molecule has 0 bridgehead atoms. The molecular weight excluding hydrogens is 316 g/mol. The zero-order valence-corrected chi connectivity index (χ0v) is 15.4. The lowest BCUT2D eigenvalue weighted by Crippen LogP contribution is -2.27. The zero-order valence-electron chi connectivity index (χ0n) is 15.4. The van der Waals surface area contributed by atoms with E-state index in [1.807, 2.05) is 39.0 Å². The number of nitrogens with zero attached hydrogens (tertiary/aromatic N) is 1. The molecule has 0 fully saturated rings. The summed E-state index contributed by atoms with van der Waals surface area (Å²) < 4.78 is 5.90. The summed E-state index contributed by atoms with van der Waals surface area (Å²) in [6, 6.07) is 5.92. The number of carbonyl (C=O) groups excluding carboxylic acids is 1. The number of hydrogen-bond donors (Lipinski definition) is 2. The number of nitrogens with one attached hydrogen (secondary N) is 1. The third kappa shape index (κ3) is 3.18. The maximum atomic E-state index is 12.8. The van der Waals surface area contributed by atoms with Crippen molar-refractivity contribution in [3.05, 3.63) is 52.0 Å². The van der Waals surface area contributed by atoms with Crippen molar-refractivity contribution in [3.63, 3.8) is 0 Å². The Kier molecular flexibility index (Phi) is 4.19. The Hall–Kier alpha value is -2.56. The minimum atomic E-state index is -0.282. The van der Waals surface area contributed by atoms with Crippen molar-refractivity contribution in [3.8, 4) is 0 Å². The summed E-state index contributed by atoms with van der Waals surface area (Å²) >= 11 is 0. The van der Waals surface area contributed by atoms with Gasteiger partial charge in [-0.2, -0.15) is 0 Å². The molecule has 2 aromatic rings. The van der Waals surface area contributed by atoms with Crippen molar-refractivity contribution in [2.45, 2.75) is 47.5 Å². The van der Waals surface area contributed by atoms with Crippen molar-refractivity contribution < 1.29 is 14.4 Å². The van der Waals surface area contributed by atoms with Gasteiger partial charge in [-0.3, -0.25) is 4.79 Å². The van der Waals surface area contributed by atoms with E-state index in [1.54, 1.807) is 0 Å². The molecule has 0 spiro atoms. The van der Waals surface area contributed by atoms with Gasteiger partial charge in [0, 0.05) is 23.2 Å². The Morgan fingerprint density at radius 2 is 1.96 bits per heavy atom. The molecule has 0 radical (unpaired) electrons. The van der Waals surface area contributed by atoms with Crippen molar-refractivity contribution in [1.29, 1.82) is 0 Å². The predicted octanol–water partition coefficient (Wildman–Crippen LogP) is 4.61. The lowest BCUT2D eigenvalue weighted by Gasteiger charge is -2.28. The second-order valence-electron chi connectivity index (χ2n) is 7.69. The summed E-state index contributed by atoms with van der Waals surface area (Å²) in [6.07, 6.45) is 1.36. The van der Waals surface area contributed by atoms with Gasteiger partial charge in [0.2, 0.25) is 0 Å². The highest BCUT2D eigenvalue weighted by atomic mass is 16.4. The van der Waals surface area contributed by atoms with E-state index in [2.05, 4.69) is 24.3 Å². The van der Waals surface area contributed by atoms with Crippen LogP contribution in [0.15, 0.2) is 27.8 Å². The maximum Gasteiger partial charge on any atom is 0.291 e. The summed E-state index contributed by atoms with van der Waals surface area (Å²) in [7, 11) is 0. The van der Waals surface area contributed by atoms with Gasteiger partial charge in [0.15, 0.2) is 5.76 Å². The fraction of sp³-hybridized carbons (Fsp3) is 0.400. The summed E-state index contributed by atoms with van der Waals surface area (Å²) in [5.74, 6) is 0.716. The van der Waals surface area contributed by atoms with Gasteiger partial charge in [0.05, 0.1) is 5.71 Å². The molecule has 0 atom stereocenters. The van der Waals surface area contributed by atoms with E-state index in [-0.39, 0.29) is 17.1 Å². The van der Waals surface area contributed by atoms with Gasteiger partial charge in [-0.25, -0.2) is 0 Å². The number of furan rings is 1. The van der Waals surface area contributed by atoms with Crippen LogP contribution in [0.4, 0.5) is 5.69 Å². The zero-order chi connectivity index (χ0) is 18.4. The van der Waals surface area contributed by atoms with Crippen LogP contribution in [0.1, 0.15) is 58.8 Å². The van der Waals surface area contributed by atoms with Crippen LogP contribution in [0.25, 0.3) is 0 Å². The van der Waals surface area contributed by atoms with E-state index in [0.29, 0.717) is 24.3 Å². The molecule has 1 heterocycles. The summed E-state index contributed by atoms with van der Waals surface area (Å²) in [4.78, 5) is 12.8. The Bertz CT molecular complexity index is 875. The van der Waals surface area contributed by atoms with Gasteiger partial charge in [-0.1, -0.05) is 31.1 Å². The van der Waals surface area contributed by atoms with E-state index in [0.717, 1.165) is 27.9 Å². The first-order valence-electron chi connectivity index (χ1n) is 8.44. The Labute approximate surface area is 147 Å². The van der Waals surface area contributed by atoms with Crippen LogP contribution < -0.4 is 5.32 Å². The third-order valence-electron chi connectivity index (χ3n) is 4.76. The first-order chi connectivity index (χ1) is 11.7. The monoisotopic (exact) mass is 340 g/mol. The molecule has 25 heavy (non-hydrogen) atoms. The largest absolute Gasteiger partial charge is 0.455 e. The standard InChI is InChI=1S/C20H24N2O3/c1-11-6-7-12(2)14(8-11)21-19(23)18-13(3)17-15(22-24)9-20(4,5)10-16(17)25-18/h6-8,24H,9-10H2,1-5H3,(H,21,23)/b22-15-. The average molecular weight is 340 g/mol. The lowest BCUT2D eigenvalue weighted by molar-refractivity contribution is 0.0992. The third-order valence-corrected chi connectivity index (χ3v) is 4.76. The van der Waals surface area contributed by atoms with Gasteiger partial charge in [0.25, 0.3) is 5.91 Å². The van der Waals surface area contributed by atoms with E-state index < -0.39 is 0 Å². The molecule has 3 rings (SSSR count). The minimum absolute atomic E-state index is 0.0697. The number of amides is 1. The number of carbonyl (C=O) groups is 1. The van der Waals surface area contributed by atoms with Crippen LogP contribution in [0.2, 0.25) is 0 Å². The Morgan fingerprint density at radius 3 is 2.64 bits per heavy atom. The topological polar surface area (TPSA) is 74.8 Å². The molecule has 0 unspecified atom stereocenters. The second kappa shape index (κ2) is 6.06. The first-order valence-corrected chi connectivity index (χ1v) is 8.44. The highest BCUT2D eigenvalue weighted by molar-refractivity contribution is 6.09. The normalized spacial score (nSPS) is 17.4. The quantitative estimate of drug-likeness (QED) is 0.619. The van der Waals surface area contributed by atoms with Crippen molar-refractivity contribution in [2.24, 2.45) is 10.6 Å². The van der Waals surface area contributed by atoms with E-state index in [4.69, 9.17) is 4.42 Å². The molecule has 1 aliphatic carbocycles. The average Bonchev–Trinajstić information content (AvgIpc) is 2.85. The highest BCUT2D eigenvalue weighted by Gasteiger charge is 2.36. The number of hydrogen-bond acceptors (Lipinski definition) is 4. The molecule has 5 heteroatoms. The lowest BCUT2D eigenvalue weighted by atomic mass is 9.75. The number of oxime groups is 1. The first kappa shape index (κ1) is 17.3. The fourth-order valence-electron chi connectivity index (χ4n) is 3.47. The van der Waals surface area contributed by atoms with Gasteiger partial charge in [0.1, 0.15) is 5.76 Å². The van der Waals surface area contributed by atoms with Crippen molar-refractivity contribution in [2.75, 3.05) is 5.32 Å². The Balaban J connectivity index is 1.98. The van der Waals surface area contributed by atoms with Crippen LogP contribution in [0.3, 0.4) is 0 Å². The molecule has 1 aliphatic rings. The molecule has 0 saturated heterocycles. The predicted molar refractivity (Wildman–Crippen MR) is 97.7 cm³/mol. The molecule has 5 nitrogen and oxygen atoms in total. The molecule has 1 aromatic carbocycles. The van der Waals surface area contributed by atoms with E-state index in [9.17, 15) is 10.0 Å². The van der Waals surface area contributed by atoms with Crippen LogP contribution >= 0.6 is 0 Å². The van der Waals surface area contributed by atoms with Crippen LogP contribution in [0.5, 0.6) is 0 Å². The van der Waals surface area contributed by atoms with Crippen LogP contribution in [0, 0.1) is 26.2 Å². The molecule has 2 N–H and O–H groups in total. The van der Waals surface area contributed by atoms with Crippen LogP contribution in [-0.4, -0.2) is 16.8 Å². The Morgan fingerprint density at radius 1 is 1.24 bits per heavy atom. The van der Waals surface area contributed by atoms with Crippen molar-refractivity contribution in [1.82, 2.24) is 0 Å². The van der Waals surface area contributed by atoms with E-state index >= 15 is 0 Å². The molecule has 0 aliphatic heterocycles. The van der Waals surface area contributed by atoms with Crippen LogP contribution in [-0.2, 0) is 6.42 Å². The van der Waals surface area contributed by atoms with Gasteiger partial charge in [-0.05, 0) is 49.8 Å². The molecule has 0 saturated carbocycles. The summed E-state index contributed by atoms with van der Waals surface area (Å²) in [5, 5.41) is 15.8. The number of aryl methyl sites for hydroxylation is 2. The number of benzene rings is 1. The van der Waals surface area contributed by atoms with E-state index in [1.165, 1.54) is 0 Å². The molecule has 1 aromatic heterocycles. The second-order valence-corrected chi connectivity index (χ2v) is 7.69. The highest BCUT2D eigenvalue weighted by Crippen LogP contribution is 2.39. The minimum Gasteiger partial charge on any atom is -0.455 e. The summed E-state index contributed by atoms with van der Waals surface area (Å²) in [6.45, 7) is 9.96. The maximum absolute atomic E-state index is 12.8. The summed E-state index contributed by atoms with van der Waals surface area (Å²) in [5.41, 5.74) is 4.85. The van der Waals surface area contributed by atoms with Gasteiger partial charge < -0.3 is 14.9 Å². The number of rotatable bonds is 2. The molecule has 132 valence electrons. The molecular formula is C20H24N2O3. The molecule has 1 amide bonds.